The molecule has 0 amide bonds. The molecule has 0 aliphatic carbocycles. The molecule has 0 aromatic rings. The van der Waals surface area contributed by atoms with E-state index in [1.54, 1.807) is 0 Å². The maximum absolute atomic E-state index is 6.12. The third kappa shape index (κ3) is 19.1. The zero-order valence-corrected chi connectivity index (χ0v) is 19.7. The van der Waals surface area contributed by atoms with E-state index in [0.29, 0.717) is 0 Å². The maximum atomic E-state index is 6.12. The first-order chi connectivity index (χ1) is 13.3. The summed E-state index contributed by atoms with van der Waals surface area (Å²) >= 11 is 0. The molecule has 1 heteroatoms. The summed E-state index contributed by atoms with van der Waals surface area (Å²) in [6.07, 6.45) is 25.0. The predicted octanol–water partition coefficient (Wildman–Crippen LogP) is 9.34. The van der Waals surface area contributed by atoms with Gasteiger partial charge in [0, 0.05) is 13.2 Å². The molecule has 0 saturated heterocycles. The predicted molar refractivity (Wildman–Crippen MR) is 124 cm³/mol. The second-order valence-electron chi connectivity index (χ2n) is 8.90. The minimum absolute atomic E-state index is 0.910. The topological polar surface area (TPSA) is 9.23 Å². The molecule has 0 N–H and O–H groups in total. The van der Waals surface area contributed by atoms with Crippen LogP contribution in [0.2, 0.25) is 0 Å². The number of hydrogen-bond donors (Lipinski definition) is 0. The summed E-state index contributed by atoms with van der Waals surface area (Å²) < 4.78 is 6.12. The molecule has 0 spiro atoms. The summed E-state index contributed by atoms with van der Waals surface area (Å²) in [5.74, 6) is 1.82. The van der Waals surface area contributed by atoms with Gasteiger partial charge in [-0.25, -0.2) is 0 Å². The second-order valence-corrected chi connectivity index (χ2v) is 8.90. The van der Waals surface area contributed by atoms with Crippen molar-refractivity contribution in [3.8, 4) is 0 Å². The molecule has 27 heavy (non-hydrogen) atoms. The van der Waals surface area contributed by atoms with E-state index < -0.39 is 0 Å². The van der Waals surface area contributed by atoms with Crippen molar-refractivity contribution >= 4 is 0 Å². The summed E-state index contributed by atoms with van der Waals surface area (Å²) in [4.78, 5) is 0. The normalized spacial score (nSPS) is 11.8. The van der Waals surface area contributed by atoms with Gasteiger partial charge in [0.15, 0.2) is 0 Å². The molecule has 0 aliphatic heterocycles. The monoisotopic (exact) mass is 382 g/mol. The van der Waals surface area contributed by atoms with E-state index in [1.807, 2.05) is 0 Å². The van der Waals surface area contributed by atoms with Crippen molar-refractivity contribution in [3.63, 3.8) is 0 Å². The molecule has 1 nitrogen and oxygen atoms in total. The first-order valence-electron chi connectivity index (χ1n) is 12.9. The van der Waals surface area contributed by atoms with Gasteiger partial charge in [0.1, 0.15) is 0 Å². The van der Waals surface area contributed by atoms with Gasteiger partial charge in [-0.3, -0.25) is 0 Å². The summed E-state index contributed by atoms with van der Waals surface area (Å²) in [6, 6.07) is 0. The van der Waals surface area contributed by atoms with Crippen molar-refractivity contribution in [1.82, 2.24) is 0 Å². The summed E-state index contributed by atoms with van der Waals surface area (Å²) in [7, 11) is 0. The lowest BCUT2D eigenvalue weighted by Crippen LogP contribution is -2.10. The van der Waals surface area contributed by atoms with E-state index in [2.05, 4.69) is 27.7 Å². The van der Waals surface area contributed by atoms with Crippen LogP contribution in [0.3, 0.4) is 0 Å². The molecule has 0 aromatic carbocycles. The molecule has 0 rings (SSSR count). The third-order valence-corrected chi connectivity index (χ3v) is 6.20. The maximum Gasteiger partial charge on any atom is 0.0468 e. The Labute approximate surface area is 173 Å². The molecule has 0 fully saturated rings. The molecule has 0 radical (unpaired) electrons. The van der Waals surface area contributed by atoms with Crippen LogP contribution in [0.25, 0.3) is 0 Å². The Hall–Kier alpha value is -0.0400. The fourth-order valence-electron chi connectivity index (χ4n) is 4.20. The summed E-state index contributed by atoms with van der Waals surface area (Å²) in [5, 5.41) is 0. The molecule has 0 heterocycles. The molecular formula is C26H54O. The van der Waals surface area contributed by atoms with Crippen molar-refractivity contribution < 1.29 is 4.74 Å². The van der Waals surface area contributed by atoms with Crippen molar-refractivity contribution in [2.75, 3.05) is 13.2 Å². The third-order valence-electron chi connectivity index (χ3n) is 6.20. The minimum atomic E-state index is 0.910. The Morgan fingerprint density at radius 1 is 0.407 bits per heavy atom. The van der Waals surface area contributed by atoms with E-state index in [4.69, 9.17) is 4.74 Å². The highest BCUT2D eigenvalue weighted by Crippen LogP contribution is 2.23. The number of rotatable bonds is 22. The molecule has 0 bridgehead atoms. The smallest absolute Gasteiger partial charge is 0.0468 e. The van der Waals surface area contributed by atoms with Gasteiger partial charge < -0.3 is 4.74 Å². The number of unbranched alkanes of at least 4 members (excludes halogenated alkanes) is 8. The van der Waals surface area contributed by atoms with Crippen LogP contribution in [-0.4, -0.2) is 13.2 Å². The first kappa shape index (κ1) is 27.0. The van der Waals surface area contributed by atoms with Gasteiger partial charge in [-0.2, -0.15) is 0 Å². The molecule has 0 aliphatic rings. The number of hydrogen-bond acceptors (Lipinski definition) is 1. The van der Waals surface area contributed by atoms with E-state index in [9.17, 15) is 0 Å². The minimum Gasteiger partial charge on any atom is -0.381 e. The zero-order valence-electron chi connectivity index (χ0n) is 19.7. The lowest BCUT2D eigenvalue weighted by molar-refractivity contribution is 0.101. The molecule has 0 unspecified atom stereocenters. The van der Waals surface area contributed by atoms with Gasteiger partial charge >= 0.3 is 0 Å². The van der Waals surface area contributed by atoms with Crippen molar-refractivity contribution in [1.29, 1.82) is 0 Å². The van der Waals surface area contributed by atoms with Gasteiger partial charge in [0.05, 0.1) is 0 Å². The van der Waals surface area contributed by atoms with Crippen LogP contribution in [0.4, 0.5) is 0 Å². The van der Waals surface area contributed by atoms with Crippen LogP contribution in [0.1, 0.15) is 143 Å². The largest absolute Gasteiger partial charge is 0.381 e. The van der Waals surface area contributed by atoms with E-state index in [-0.39, 0.29) is 0 Å². The van der Waals surface area contributed by atoms with Crippen LogP contribution in [0.15, 0.2) is 0 Å². The van der Waals surface area contributed by atoms with E-state index in [0.717, 1.165) is 25.0 Å². The molecular weight excluding hydrogens is 328 g/mol. The Balaban J connectivity index is 3.97. The first-order valence-corrected chi connectivity index (χ1v) is 12.9. The van der Waals surface area contributed by atoms with Crippen LogP contribution in [0.5, 0.6) is 0 Å². The summed E-state index contributed by atoms with van der Waals surface area (Å²) in [6.45, 7) is 11.2. The SMILES string of the molecule is CCCCCC(CCCCC)CCOCCC(CCCCC)CCCCC. The highest BCUT2D eigenvalue weighted by Gasteiger charge is 2.11. The number of ether oxygens (including phenoxy) is 1. The molecule has 0 atom stereocenters. The van der Waals surface area contributed by atoms with E-state index in [1.165, 1.54) is 116 Å². The molecule has 164 valence electrons. The Kier molecular flexibility index (Phi) is 22.2. The van der Waals surface area contributed by atoms with Crippen molar-refractivity contribution in [3.05, 3.63) is 0 Å². The van der Waals surface area contributed by atoms with Gasteiger partial charge in [0.2, 0.25) is 0 Å². The van der Waals surface area contributed by atoms with Gasteiger partial charge in [-0.1, -0.05) is 130 Å². The lowest BCUT2D eigenvalue weighted by Gasteiger charge is -2.19. The Morgan fingerprint density at radius 2 is 0.704 bits per heavy atom. The molecule has 0 saturated carbocycles. The summed E-state index contributed by atoms with van der Waals surface area (Å²) in [5.41, 5.74) is 0. The van der Waals surface area contributed by atoms with Gasteiger partial charge in [-0.15, -0.1) is 0 Å². The van der Waals surface area contributed by atoms with Gasteiger partial charge in [0.25, 0.3) is 0 Å². The average Bonchev–Trinajstić information content (AvgIpc) is 2.67. The van der Waals surface area contributed by atoms with E-state index >= 15 is 0 Å². The fraction of sp³-hybridized carbons (Fsp3) is 1.00. The highest BCUT2D eigenvalue weighted by molar-refractivity contribution is 4.62. The Morgan fingerprint density at radius 3 is 0.963 bits per heavy atom. The van der Waals surface area contributed by atoms with Crippen LogP contribution in [-0.2, 0) is 4.74 Å². The zero-order chi connectivity index (χ0) is 20.0. The van der Waals surface area contributed by atoms with Crippen LogP contribution in [0, 0.1) is 11.8 Å². The quantitative estimate of drug-likeness (QED) is 0.169. The van der Waals surface area contributed by atoms with Gasteiger partial charge in [-0.05, 0) is 24.7 Å². The van der Waals surface area contributed by atoms with Crippen LogP contribution < -0.4 is 0 Å². The Bertz CT molecular complexity index is 217. The fourth-order valence-corrected chi connectivity index (χ4v) is 4.20. The average molecular weight is 383 g/mol. The van der Waals surface area contributed by atoms with Crippen molar-refractivity contribution in [2.45, 2.75) is 143 Å². The second kappa shape index (κ2) is 22.3. The lowest BCUT2D eigenvalue weighted by atomic mass is 9.92. The van der Waals surface area contributed by atoms with Crippen molar-refractivity contribution in [2.24, 2.45) is 11.8 Å². The standard InChI is InChI=1S/C26H54O/c1-5-9-13-17-25(18-14-10-6-2)21-23-27-24-22-26(19-15-11-7-3)20-16-12-8-4/h25-26H,5-24H2,1-4H3. The molecule has 0 aromatic heterocycles. The van der Waals surface area contributed by atoms with Crippen LogP contribution >= 0.6 is 0 Å². The highest BCUT2D eigenvalue weighted by atomic mass is 16.5.